The van der Waals surface area contributed by atoms with E-state index in [-0.39, 0.29) is 36.7 Å². The van der Waals surface area contributed by atoms with Gasteiger partial charge >= 0.3 is 12.1 Å². The lowest BCUT2D eigenvalue weighted by Gasteiger charge is -2.26. The van der Waals surface area contributed by atoms with Crippen LogP contribution in [0, 0.1) is 17.3 Å². The van der Waals surface area contributed by atoms with Gasteiger partial charge in [-0.2, -0.15) is 0 Å². The highest BCUT2D eigenvalue weighted by Crippen LogP contribution is 2.44. The fourth-order valence-corrected chi connectivity index (χ4v) is 4.47. The molecule has 3 N–H and O–H groups in total. The monoisotopic (exact) mass is 480 g/mol. The summed E-state index contributed by atoms with van der Waals surface area (Å²) >= 11 is 0. The van der Waals surface area contributed by atoms with Crippen LogP contribution in [-0.4, -0.2) is 42.8 Å². The molecule has 7 heteroatoms. The number of carbonyl (C=O) groups is 3. The van der Waals surface area contributed by atoms with Crippen molar-refractivity contribution in [2.45, 2.75) is 46.5 Å². The highest BCUT2D eigenvalue weighted by atomic mass is 16.5. The Morgan fingerprint density at radius 3 is 2.09 bits per heavy atom. The van der Waals surface area contributed by atoms with Crippen LogP contribution in [-0.2, 0) is 14.3 Å². The summed E-state index contributed by atoms with van der Waals surface area (Å²) in [6.07, 6.45) is -0.0693. The van der Waals surface area contributed by atoms with Gasteiger partial charge in [-0.05, 0) is 40.5 Å². The summed E-state index contributed by atoms with van der Waals surface area (Å²) in [7, 11) is 0. The topological polar surface area (TPSA) is 105 Å². The zero-order chi connectivity index (χ0) is 25.6. The minimum absolute atomic E-state index is 0.00456. The van der Waals surface area contributed by atoms with E-state index in [9.17, 15) is 14.4 Å². The van der Waals surface area contributed by atoms with Crippen molar-refractivity contribution in [3.05, 3.63) is 59.7 Å². The lowest BCUT2D eigenvalue weighted by Crippen LogP contribution is -2.42. The molecule has 188 valence electrons. The van der Waals surface area contributed by atoms with E-state index in [1.807, 2.05) is 52.0 Å². The van der Waals surface area contributed by atoms with Crippen LogP contribution in [0.1, 0.15) is 57.6 Å². The number of amides is 2. The minimum Gasteiger partial charge on any atom is -0.481 e. The summed E-state index contributed by atoms with van der Waals surface area (Å²) < 4.78 is 5.55. The smallest absolute Gasteiger partial charge is 0.407 e. The Balaban J connectivity index is 1.46. The van der Waals surface area contributed by atoms with Crippen LogP contribution in [0.3, 0.4) is 0 Å². The number of nitrogens with one attached hydrogen (secondary N) is 2. The van der Waals surface area contributed by atoms with E-state index in [1.54, 1.807) is 0 Å². The van der Waals surface area contributed by atoms with Gasteiger partial charge in [0.1, 0.15) is 6.61 Å². The maximum absolute atomic E-state index is 12.7. The maximum atomic E-state index is 12.7. The third kappa shape index (κ3) is 6.62. The predicted octanol–water partition coefficient (Wildman–Crippen LogP) is 4.80. The molecule has 2 aromatic rings. The Morgan fingerprint density at radius 1 is 0.971 bits per heavy atom. The average molecular weight is 481 g/mol. The van der Waals surface area contributed by atoms with Gasteiger partial charge < -0.3 is 20.5 Å². The van der Waals surface area contributed by atoms with Gasteiger partial charge in [0, 0.05) is 24.4 Å². The predicted molar refractivity (Wildman–Crippen MR) is 135 cm³/mol. The molecular weight excluding hydrogens is 444 g/mol. The van der Waals surface area contributed by atoms with Gasteiger partial charge in [-0.3, -0.25) is 9.59 Å². The molecule has 1 aliphatic rings. The van der Waals surface area contributed by atoms with E-state index in [1.165, 1.54) is 11.1 Å². The van der Waals surface area contributed by atoms with E-state index >= 15 is 0 Å². The largest absolute Gasteiger partial charge is 0.481 e. The quantitative estimate of drug-likeness (QED) is 0.428. The summed E-state index contributed by atoms with van der Waals surface area (Å²) in [5, 5.41) is 14.7. The molecule has 1 atom stereocenters. The van der Waals surface area contributed by atoms with Crippen LogP contribution in [0.4, 0.5) is 4.79 Å². The van der Waals surface area contributed by atoms with Crippen LogP contribution in [0.15, 0.2) is 48.5 Å². The summed E-state index contributed by atoms with van der Waals surface area (Å²) in [4.78, 5) is 36.1. The van der Waals surface area contributed by atoms with Crippen molar-refractivity contribution in [1.29, 1.82) is 0 Å². The normalized spacial score (nSPS) is 13.6. The molecule has 0 radical (unpaired) electrons. The number of fused-ring (bicyclic) bond motifs is 3. The fraction of sp³-hybridized carbons (Fsp3) is 0.464. The number of hydrogen-bond acceptors (Lipinski definition) is 4. The van der Waals surface area contributed by atoms with Crippen molar-refractivity contribution in [1.82, 2.24) is 10.6 Å². The molecule has 2 amide bonds. The molecule has 3 rings (SSSR count). The van der Waals surface area contributed by atoms with Crippen molar-refractivity contribution in [2.24, 2.45) is 17.3 Å². The second kappa shape index (κ2) is 11.4. The third-order valence-corrected chi connectivity index (χ3v) is 6.88. The Hall–Kier alpha value is -3.35. The van der Waals surface area contributed by atoms with Gasteiger partial charge in [-0.1, -0.05) is 76.2 Å². The highest BCUT2D eigenvalue weighted by Gasteiger charge is 2.30. The van der Waals surface area contributed by atoms with E-state index < -0.39 is 17.5 Å². The number of carbonyl (C=O) groups excluding carboxylic acids is 2. The molecule has 0 heterocycles. The number of carboxylic acids is 1. The van der Waals surface area contributed by atoms with Crippen molar-refractivity contribution < 1.29 is 24.2 Å². The Labute approximate surface area is 207 Å². The average Bonchev–Trinajstić information content (AvgIpc) is 3.13. The first-order valence-corrected chi connectivity index (χ1v) is 12.2. The van der Waals surface area contributed by atoms with Crippen molar-refractivity contribution in [3.8, 4) is 11.1 Å². The number of hydrogen-bond donors (Lipinski definition) is 3. The van der Waals surface area contributed by atoms with Crippen LogP contribution < -0.4 is 10.6 Å². The molecule has 0 aromatic heterocycles. The molecule has 0 spiro atoms. The van der Waals surface area contributed by atoms with Crippen molar-refractivity contribution in [2.75, 3.05) is 19.7 Å². The molecule has 0 aliphatic heterocycles. The standard InChI is InChI=1S/C28H36N2O5/c1-18(2)19(15-25(31)32)16-30-26(33)28(3,4)13-14-29-27(34)35-17-24-22-11-7-5-9-20(22)21-10-6-8-12-23(21)24/h5-12,18-19,24H,13-17H2,1-4H3,(H,29,34)(H,30,33)(H,31,32). The van der Waals surface area contributed by atoms with Gasteiger partial charge in [0.05, 0.1) is 6.42 Å². The molecule has 1 unspecified atom stereocenters. The van der Waals surface area contributed by atoms with Crippen molar-refractivity contribution >= 4 is 18.0 Å². The van der Waals surface area contributed by atoms with Crippen LogP contribution in [0.5, 0.6) is 0 Å². The zero-order valence-corrected chi connectivity index (χ0v) is 21.0. The second-order valence-electron chi connectivity index (χ2n) is 10.2. The van der Waals surface area contributed by atoms with Crippen LogP contribution >= 0.6 is 0 Å². The lowest BCUT2D eigenvalue weighted by atomic mass is 9.87. The van der Waals surface area contributed by atoms with E-state index in [4.69, 9.17) is 9.84 Å². The van der Waals surface area contributed by atoms with Gasteiger partial charge in [0.2, 0.25) is 5.91 Å². The highest BCUT2D eigenvalue weighted by molar-refractivity contribution is 5.82. The number of carboxylic acid groups (broad SMARTS) is 1. The first kappa shape index (κ1) is 26.3. The number of rotatable bonds is 11. The first-order chi connectivity index (χ1) is 16.6. The molecule has 2 aromatic carbocycles. The number of alkyl carbamates (subject to hydrolysis) is 1. The number of ether oxygens (including phenoxy) is 1. The summed E-state index contributed by atoms with van der Waals surface area (Å²) in [5.74, 6) is -1.03. The first-order valence-electron chi connectivity index (χ1n) is 12.2. The third-order valence-electron chi connectivity index (χ3n) is 6.88. The Bertz CT molecular complexity index is 1020. The van der Waals surface area contributed by atoms with Gasteiger partial charge in [-0.25, -0.2) is 4.79 Å². The van der Waals surface area contributed by atoms with Gasteiger partial charge in [-0.15, -0.1) is 0 Å². The molecule has 0 bridgehead atoms. The molecule has 0 saturated carbocycles. The SMILES string of the molecule is CC(C)C(CNC(=O)C(C)(C)CCNC(=O)OCC1c2ccccc2-c2ccccc21)CC(=O)O. The molecule has 7 nitrogen and oxygen atoms in total. The molecule has 1 aliphatic carbocycles. The van der Waals surface area contributed by atoms with Crippen LogP contribution in [0.25, 0.3) is 11.1 Å². The van der Waals surface area contributed by atoms with Gasteiger partial charge in [0.15, 0.2) is 0 Å². The summed E-state index contributed by atoms with van der Waals surface area (Å²) in [6, 6.07) is 16.3. The minimum atomic E-state index is -0.871. The Morgan fingerprint density at radius 2 is 1.54 bits per heavy atom. The summed E-state index contributed by atoms with van der Waals surface area (Å²) in [5.41, 5.74) is 3.94. The van der Waals surface area contributed by atoms with E-state index in [0.717, 1.165) is 11.1 Å². The second-order valence-corrected chi connectivity index (χ2v) is 10.2. The molecule has 35 heavy (non-hydrogen) atoms. The number of aliphatic carboxylic acids is 1. The number of benzene rings is 2. The molecular formula is C28H36N2O5. The van der Waals surface area contributed by atoms with Crippen molar-refractivity contribution in [3.63, 3.8) is 0 Å². The van der Waals surface area contributed by atoms with E-state index in [2.05, 4.69) is 34.9 Å². The fourth-order valence-electron chi connectivity index (χ4n) is 4.47. The molecule has 0 fully saturated rings. The summed E-state index contributed by atoms with van der Waals surface area (Å²) in [6.45, 7) is 8.36. The van der Waals surface area contributed by atoms with E-state index in [0.29, 0.717) is 19.5 Å². The van der Waals surface area contributed by atoms with Gasteiger partial charge in [0.25, 0.3) is 0 Å². The zero-order valence-electron chi connectivity index (χ0n) is 21.0. The lowest BCUT2D eigenvalue weighted by molar-refractivity contribution is -0.139. The maximum Gasteiger partial charge on any atom is 0.407 e. The Kier molecular flexibility index (Phi) is 8.54. The molecule has 0 saturated heterocycles. The van der Waals surface area contributed by atoms with Crippen LogP contribution in [0.2, 0.25) is 0 Å².